The predicted molar refractivity (Wildman–Crippen MR) is 148 cm³/mol. The number of nitriles is 1. The summed E-state index contributed by atoms with van der Waals surface area (Å²) in [5, 5.41) is 10.4. The number of rotatable bonds is 6. The first kappa shape index (κ1) is 24.8. The van der Waals surface area contributed by atoms with Crippen LogP contribution in [0, 0.1) is 24.2 Å². The maximum atomic E-state index is 13.9. The minimum atomic E-state index is -0.215. The van der Waals surface area contributed by atoms with Crippen molar-refractivity contribution in [3.63, 3.8) is 0 Å². The van der Waals surface area contributed by atoms with Crippen molar-refractivity contribution in [3.8, 4) is 6.07 Å². The Morgan fingerprint density at radius 3 is 2.62 bits per heavy atom. The second-order valence-corrected chi connectivity index (χ2v) is 10.3. The third kappa shape index (κ3) is 4.90. The quantitative estimate of drug-likeness (QED) is 0.291. The van der Waals surface area contributed by atoms with Gasteiger partial charge in [-0.25, -0.2) is 0 Å². The zero-order chi connectivity index (χ0) is 26.1. The lowest BCUT2D eigenvalue weighted by Crippen LogP contribution is -2.37. The number of hydrogen-bond acceptors (Lipinski definition) is 5. The Bertz CT molecular complexity index is 1600. The fourth-order valence-electron chi connectivity index (χ4n) is 5.08. The van der Waals surface area contributed by atoms with Crippen LogP contribution in [0.4, 0.5) is 0 Å². The normalized spacial score (nSPS) is 14.2. The molecule has 0 bridgehead atoms. The summed E-state index contributed by atoms with van der Waals surface area (Å²) in [4.78, 5) is 21.0. The maximum absolute atomic E-state index is 13.9. The molecule has 1 unspecified atom stereocenters. The van der Waals surface area contributed by atoms with E-state index in [0.717, 1.165) is 23.5 Å². The monoisotopic (exact) mass is 509 g/mol. The van der Waals surface area contributed by atoms with Gasteiger partial charge in [-0.1, -0.05) is 67.4 Å². The number of fused-ring (bicyclic) bond motifs is 1. The summed E-state index contributed by atoms with van der Waals surface area (Å²) in [7, 11) is 0. The van der Waals surface area contributed by atoms with E-state index in [0.29, 0.717) is 45.8 Å². The molecule has 1 aromatic heterocycles. The van der Waals surface area contributed by atoms with Crippen LogP contribution >= 0.6 is 11.6 Å². The molecule has 1 aliphatic heterocycles. The molecular formula is C31H28ClN3O2. The lowest BCUT2D eigenvalue weighted by Gasteiger charge is -2.34. The molecule has 0 radical (unpaired) electrons. The van der Waals surface area contributed by atoms with E-state index in [1.54, 1.807) is 24.3 Å². The van der Waals surface area contributed by atoms with Gasteiger partial charge in [0, 0.05) is 35.2 Å². The molecule has 0 saturated carbocycles. The predicted octanol–water partition coefficient (Wildman–Crippen LogP) is 6.68. The van der Waals surface area contributed by atoms with E-state index in [-0.39, 0.29) is 17.4 Å². The van der Waals surface area contributed by atoms with E-state index in [1.807, 2.05) is 18.2 Å². The molecule has 6 heteroatoms. The average Bonchev–Trinajstić information content (AvgIpc) is 3.36. The summed E-state index contributed by atoms with van der Waals surface area (Å²) < 4.78 is 6.58. The number of nitrogens with zero attached hydrogens (tertiary/aromatic N) is 3. The molecular weight excluding hydrogens is 482 g/mol. The number of aryl methyl sites for hydroxylation is 1. The topological polar surface area (TPSA) is 69.6 Å². The lowest BCUT2D eigenvalue weighted by atomic mass is 9.91. The fraction of sp³-hybridized carbons (Fsp3) is 0.258. The van der Waals surface area contributed by atoms with Gasteiger partial charge in [-0.15, -0.1) is 0 Å². The molecule has 0 aliphatic carbocycles. The van der Waals surface area contributed by atoms with Gasteiger partial charge in [0.2, 0.25) is 0 Å². The Morgan fingerprint density at radius 1 is 1.11 bits per heavy atom. The van der Waals surface area contributed by atoms with Crippen molar-refractivity contribution in [2.24, 2.45) is 10.9 Å². The summed E-state index contributed by atoms with van der Waals surface area (Å²) >= 11 is 6.29. The van der Waals surface area contributed by atoms with Crippen LogP contribution in [0.25, 0.3) is 11.0 Å². The SMILES string of the molecule is Cc1ccc(C2=NCCN2C(c2oc3cc(Cl)ccc3c(=O)c2Cc2cccc(C#N)c2)C(C)C)cc1. The van der Waals surface area contributed by atoms with Crippen molar-refractivity contribution >= 4 is 28.4 Å². The Balaban J connectivity index is 1.69. The first-order valence-corrected chi connectivity index (χ1v) is 12.9. The Labute approximate surface area is 221 Å². The molecule has 1 aliphatic rings. The zero-order valence-electron chi connectivity index (χ0n) is 21.2. The van der Waals surface area contributed by atoms with Gasteiger partial charge >= 0.3 is 0 Å². The standard InChI is InChI=1S/C31H28ClN3O2/c1-19(2)28(35-14-13-34-31(35)23-9-7-20(3)8-10-23)30-26(16-21-5-4-6-22(15-21)18-33)29(36)25-12-11-24(32)17-27(25)37-30/h4-12,15,17,19,28H,13-14,16H2,1-3H3. The van der Waals surface area contributed by atoms with Gasteiger partial charge in [-0.05, 0) is 42.7 Å². The lowest BCUT2D eigenvalue weighted by molar-refractivity contribution is 0.232. The minimum absolute atomic E-state index is 0.0750. The van der Waals surface area contributed by atoms with Crippen molar-refractivity contribution in [1.82, 2.24) is 4.90 Å². The van der Waals surface area contributed by atoms with E-state index in [9.17, 15) is 10.1 Å². The van der Waals surface area contributed by atoms with Gasteiger partial charge in [-0.2, -0.15) is 5.26 Å². The number of benzene rings is 3. The van der Waals surface area contributed by atoms with E-state index < -0.39 is 0 Å². The van der Waals surface area contributed by atoms with Crippen molar-refractivity contribution in [2.75, 3.05) is 13.1 Å². The molecule has 0 spiro atoms. The van der Waals surface area contributed by atoms with Crippen LogP contribution in [0.3, 0.4) is 0 Å². The molecule has 1 atom stereocenters. The van der Waals surface area contributed by atoms with Crippen LogP contribution in [0.2, 0.25) is 5.02 Å². The Kier molecular flexibility index (Phi) is 6.86. The van der Waals surface area contributed by atoms with Gasteiger partial charge in [0.05, 0.1) is 29.6 Å². The summed E-state index contributed by atoms with van der Waals surface area (Å²) in [5.41, 5.74) is 4.67. The molecule has 37 heavy (non-hydrogen) atoms. The summed E-state index contributed by atoms with van der Waals surface area (Å²) in [6, 6.07) is 22.9. The Morgan fingerprint density at radius 2 is 1.89 bits per heavy atom. The van der Waals surface area contributed by atoms with Crippen molar-refractivity contribution in [3.05, 3.63) is 116 Å². The van der Waals surface area contributed by atoms with Crippen LogP contribution < -0.4 is 5.43 Å². The van der Waals surface area contributed by atoms with E-state index >= 15 is 0 Å². The minimum Gasteiger partial charge on any atom is -0.458 e. The highest BCUT2D eigenvalue weighted by atomic mass is 35.5. The van der Waals surface area contributed by atoms with Crippen LogP contribution in [-0.4, -0.2) is 23.8 Å². The number of hydrogen-bond donors (Lipinski definition) is 0. The third-order valence-corrected chi connectivity index (χ3v) is 7.07. The van der Waals surface area contributed by atoms with Crippen LogP contribution in [-0.2, 0) is 6.42 Å². The zero-order valence-corrected chi connectivity index (χ0v) is 21.9. The first-order valence-electron chi connectivity index (χ1n) is 12.5. The molecule has 2 heterocycles. The highest BCUT2D eigenvalue weighted by Gasteiger charge is 2.34. The number of halogens is 1. The fourth-order valence-corrected chi connectivity index (χ4v) is 5.24. The number of amidine groups is 1. The molecule has 5 rings (SSSR count). The van der Waals surface area contributed by atoms with Gasteiger partial charge in [0.1, 0.15) is 17.2 Å². The molecule has 3 aromatic carbocycles. The summed E-state index contributed by atoms with van der Waals surface area (Å²) in [5.74, 6) is 1.65. The van der Waals surface area contributed by atoms with Gasteiger partial charge in [0.15, 0.2) is 5.43 Å². The average molecular weight is 510 g/mol. The molecule has 0 saturated heterocycles. The highest BCUT2D eigenvalue weighted by molar-refractivity contribution is 6.31. The molecule has 0 amide bonds. The van der Waals surface area contributed by atoms with E-state index in [4.69, 9.17) is 21.0 Å². The van der Waals surface area contributed by atoms with Gasteiger partial charge in [-0.3, -0.25) is 9.79 Å². The highest BCUT2D eigenvalue weighted by Crippen LogP contribution is 2.36. The van der Waals surface area contributed by atoms with Crippen LogP contribution in [0.15, 0.2) is 80.9 Å². The summed E-state index contributed by atoms with van der Waals surface area (Å²) in [6.45, 7) is 7.75. The van der Waals surface area contributed by atoms with Gasteiger partial charge < -0.3 is 9.32 Å². The molecule has 5 nitrogen and oxygen atoms in total. The summed E-state index contributed by atoms with van der Waals surface area (Å²) in [6.07, 6.45) is 0.361. The van der Waals surface area contributed by atoms with Crippen molar-refractivity contribution in [1.29, 1.82) is 5.26 Å². The third-order valence-electron chi connectivity index (χ3n) is 6.84. The van der Waals surface area contributed by atoms with Crippen molar-refractivity contribution in [2.45, 2.75) is 33.2 Å². The van der Waals surface area contributed by atoms with Gasteiger partial charge in [0.25, 0.3) is 0 Å². The van der Waals surface area contributed by atoms with E-state index in [1.165, 1.54) is 5.56 Å². The van der Waals surface area contributed by atoms with E-state index in [2.05, 4.69) is 56.0 Å². The second-order valence-electron chi connectivity index (χ2n) is 9.86. The molecule has 0 N–H and O–H groups in total. The number of aliphatic imine (C=N–C) groups is 1. The largest absolute Gasteiger partial charge is 0.458 e. The smallest absolute Gasteiger partial charge is 0.196 e. The maximum Gasteiger partial charge on any atom is 0.196 e. The van der Waals surface area contributed by atoms with Crippen molar-refractivity contribution < 1.29 is 4.42 Å². The van der Waals surface area contributed by atoms with Crippen LogP contribution in [0.5, 0.6) is 0 Å². The van der Waals surface area contributed by atoms with Crippen LogP contribution in [0.1, 0.15) is 53.5 Å². The first-order chi connectivity index (χ1) is 17.9. The molecule has 0 fully saturated rings. The Hall–Kier alpha value is -3.88. The second kappa shape index (κ2) is 10.2. The molecule has 4 aromatic rings. The molecule has 186 valence electrons.